The van der Waals surface area contributed by atoms with E-state index in [0.717, 1.165) is 6.42 Å². The zero-order valence-electron chi connectivity index (χ0n) is 9.77. The second kappa shape index (κ2) is 4.62. The van der Waals surface area contributed by atoms with Gasteiger partial charge in [0.25, 0.3) is 0 Å². The van der Waals surface area contributed by atoms with E-state index >= 15 is 0 Å². The minimum absolute atomic E-state index is 0.124. The molecule has 3 atom stereocenters. The molecular formula is C11H17NO5. The molecule has 17 heavy (non-hydrogen) atoms. The predicted octanol–water partition coefficient (Wildman–Crippen LogP) is -0.229. The number of rotatable bonds is 3. The molecule has 0 bridgehead atoms. The van der Waals surface area contributed by atoms with Crippen LogP contribution in [0.3, 0.4) is 0 Å². The molecule has 0 aromatic heterocycles. The van der Waals surface area contributed by atoms with E-state index in [9.17, 15) is 9.59 Å². The molecular weight excluding hydrogens is 226 g/mol. The van der Waals surface area contributed by atoms with E-state index < -0.39 is 23.5 Å². The lowest BCUT2D eigenvalue weighted by atomic mass is 9.85. The van der Waals surface area contributed by atoms with Gasteiger partial charge in [0.2, 0.25) is 5.91 Å². The Morgan fingerprint density at radius 2 is 2.24 bits per heavy atom. The third-order valence-corrected chi connectivity index (χ3v) is 3.48. The maximum atomic E-state index is 11.8. The van der Waals surface area contributed by atoms with Crippen LogP contribution < -0.4 is 5.32 Å². The van der Waals surface area contributed by atoms with Crippen LogP contribution in [0.4, 0.5) is 0 Å². The van der Waals surface area contributed by atoms with Gasteiger partial charge in [-0.05, 0) is 19.8 Å². The molecule has 3 unspecified atom stereocenters. The zero-order chi connectivity index (χ0) is 12.5. The van der Waals surface area contributed by atoms with E-state index in [1.54, 1.807) is 6.92 Å². The van der Waals surface area contributed by atoms with Crippen molar-refractivity contribution >= 4 is 11.9 Å². The second-order valence-electron chi connectivity index (χ2n) is 4.80. The highest BCUT2D eigenvalue weighted by Crippen LogP contribution is 2.29. The van der Waals surface area contributed by atoms with E-state index in [1.807, 2.05) is 0 Å². The fourth-order valence-electron chi connectivity index (χ4n) is 2.13. The quantitative estimate of drug-likeness (QED) is 0.715. The summed E-state index contributed by atoms with van der Waals surface area (Å²) in [5, 5.41) is 11.9. The summed E-state index contributed by atoms with van der Waals surface area (Å²) in [6.07, 6.45) is 1.13. The Morgan fingerprint density at radius 1 is 1.47 bits per heavy atom. The molecule has 0 radical (unpaired) electrons. The normalized spacial score (nSPS) is 37.0. The van der Waals surface area contributed by atoms with Crippen LogP contribution in [0.2, 0.25) is 0 Å². The van der Waals surface area contributed by atoms with Gasteiger partial charge in [0, 0.05) is 6.61 Å². The molecule has 96 valence electrons. The Bertz CT molecular complexity index is 326. The van der Waals surface area contributed by atoms with Crippen molar-refractivity contribution in [3.05, 3.63) is 0 Å². The molecule has 2 aliphatic heterocycles. The third-order valence-electron chi connectivity index (χ3n) is 3.48. The summed E-state index contributed by atoms with van der Waals surface area (Å²) < 4.78 is 10.4. The molecule has 6 heteroatoms. The van der Waals surface area contributed by atoms with Crippen molar-refractivity contribution in [2.75, 3.05) is 19.8 Å². The van der Waals surface area contributed by atoms with Gasteiger partial charge in [0.05, 0.1) is 19.3 Å². The van der Waals surface area contributed by atoms with Crippen LogP contribution in [0.25, 0.3) is 0 Å². The minimum Gasteiger partial charge on any atom is -0.481 e. The smallest absolute Gasteiger partial charge is 0.313 e. The zero-order valence-corrected chi connectivity index (χ0v) is 9.77. The Labute approximate surface area is 99.3 Å². The average molecular weight is 243 g/mol. The van der Waals surface area contributed by atoms with Crippen LogP contribution >= 0.6 is 0 Å². The summed E-state index contributed by atoms with van der Waals surface area (Å²) in [4.78, 5) is 23.0. The number of amides is 1. The summed E-state index contributed by atoms with van der Waals surface area (Å²) >= 11 is 0. The molecule has 0 aliphatic carbocycles. The van der Waals surface area contributed by atoms with Gasteiger partial charge in [-0.2, -0.15) is 0 Å². The molecule has 0 aromatic rings. The minimum atomic E-state index is -1.05. The van der Waals surface area contributed by atoms with Gasteiger partial charge in [-0.15, -0.1) is 0 Å². The van der Waals surface area contributed by atoms with Crippen molar-refractivity contribution < 1.29 is 24.2 Å². The van der Waals surface area contributed by atoms with Crippen molar-refractivity contribution in [3.8, 4) is 0 Å². The number of aliphatic carboxylic acids is 1. The number of hydrogen-bond acceptors (Lipinski definition) is 4. The van der Waals surface area contributed by atoms with Crippen LogP contribution in [0.5, 0.6) is 0 Å². The molecule has 2 aliphatic rings. The number of carbonyl (C=O) groups is 2. The first kappa shape index (κ1) is 12.3. The topological polar surface area (TPSA) is 84.9 Å². The number of hydrogen-bond donors (Lipinski definition) is 2. The molecule has 2 rings (SSSR count). The third kappa shape index (κ3) is 2.28. The van der Waals surface area contributed by atoms with Gasteiger partial charge in [0.1, 0.15) is 11.5 Å². The molecule has 6 nitrogen and oxygen atoms in total. The van der Waals surface area contributed by atoms with Crippen LogP contribution in [0.1, 0.15) is 19.8 Å². The van der Waals surface area contributed by atoms with Crippen molar-refractivity contribution in [1.82, 2.24) is 5.32 Å². The second-order valence-corrected chi connectivity index (χ2v) is 4.80. The number of carboxylic acids is 1. The lowest BCUT2D eigenvalue weighted by Crippen LogP contribution is -2.52. The van der Waals surface area contributed by atoms with E-state index in [-0.39, 0.29) is 19.1 Å². The Kier molecular flexibility index (Phi) is 3.35. The first-order chi connectivity index (χ1) is 8.04. The molecule has 2 fully saturated rings. The van der Waals surface area contributed by atoms with E-state index in [0.29, 0.717) is 13.0 Å². The summed E-state index contributed by atoms with van der Waals surface area (Å²) in [6, 6.07) is -0.489. The molecule has 0 saturated carbocycles. The van der Waals surface area contributed by atoms with Gasteiger partial charge in [-0.1, -0.05) is 0 Å². The standard InChI is InChI=1S/C11H17NO5/c1-11(10(14)15)6-16-5-8(11)12-9(13)7-3-2-4-17-7/h7-8H,2-6H2,1H3,(H,12,13)(H,14,15). The molecule has 1 amide bonds. The maximum Gasteiger partial charge on any atom is 0.313 e. The fourth-order valence-corrected chi connectivity index (χ4v) is 2.13. The predicted molar refractivity (Wildman–Crippen MR) is 57.5 cm³/mol. The number of ether oxygens (including phenoxy) is 2. The van der Waals surface area contributed by atoms with E-state index in [1.165, 1.54) is 0 Å². The summed E-state index contributed by atoms with van der Waals surface area (Å²) in [5.74, 6) is -1.18. The number of carboxylic acid groups (broad SMARTS) is 1. The van der Waals surface area contributed by atoms with Crippen molar-refractivity contribution in [2.45, 2.75) is 31.9 Å². The SMILES string of the molecule is CC1(C(=O)O)COCC1NC(=O)C1CCCO1. The lowest BCUT2D eigenvalue weighted by molar-refractivity contribution is -0.149. The van der Waals surface area contributed by atoms with Gasteiger partial charge < -0.3 is 19.9 Å². The average Bonchev–Trinajstić information content (AvgIpc) is 2.89. The summed E-state index contributed by atoms with van der Waals surface area (Å²) in [6.45, 7) is 2.54. The Hall–Kier alpha value is -1.14. The van der Waals surface area contributed by atoms with Crippen LogP contribution in [-0.2, 0) is 19.1 Å². The summed E-state index contributed by atoms with van der Waals surface area (Å²) in [7, 11) is 0. The van der Waals surface area contributed by atoms with Gasteiger partial charge in [-0.3, -0.25) is 9.59 Å². The molecule has 2 heterocycles. The summed E-state index contributed by atoms with van der Waals surface area (Å²) in [5.41, 5.74) is -1.05. The monoisotopic (exact) mass is 243 g/mol. The van der Waals surface area contributed by atoms with Crippen LogP contribution in [-0.4, -0.2) is 48.9 Å². The number of nitrogens with one attached hydrogen (secondary N) is 1. The van der Waals surface area contributed by atoms with E-state index in [2.05, 4.69) is 5.32 Å². The highest BCUT2D eigenvalue weighted by atomic mass is 16.5. The maximum absolute atomic E-state index is 11.8. The van der Waals surface area contributed by atoms with Gasteiger partial charge >= 0.3 is 5.97 Å². The molecule has 0 spiro atoms. The van der Waals surface area contributed by atoms with Gasteiger partial charge in [0.15, 0.2) is 0 Å². The van der Waals surface area contributed by atoms with Crippen LogP contribution in [0, 0.1) is 5.41 Å². The molecule has 2 saturated heterocycles. The number of carbonyl (C=O) groups excluding carboxylic acids is 1. The first-order valence-corrected chi connectivity index (χ1v) is 5.77. The highest BCUT2D eigenvalue weighted by Gasteiger charge is 2.47. The largest absolute Gasteiger partial charge is 0.481 e. The van der Waals surface area contributed by atoms with Crippen molar-refractivity contribution in [3.63, 3.8) is 0 Å². The van der Waals surface area contributed by atoms with Gasteiger partial charge in [-0.25, -0.2) is 0 Å². The fraction of sp³-hybridized carbons (Fsp3) is 0.818. The highest BCUT2D eigenvalue weighted by molar-refractivity contribution is 5.83. The Balaban J connectivity index is 1.98. The Morgan fingerprint density at radius 3 is 2.82 bits per heavy atom. The van der Waals surface area contributed by atoms with Crippen molar-refractivity contribution in [2.24, 2.45) is 5.41 Å². The molecule has 0 aromatic carbocycles. The first-order valence-electron chi connectivity index (χ1n) is 5.77. The van der Waals surface area contributed by atoms with Crippen molar-refractivity contribution in [1.29, 1.82) is 0 Å². The lowest BCUT2D eigenvalue weighted by Gasteiger charge is -2.26. The molecule has 2 N–H and O–H groups in total. The van der Waals surface area contributed by atoms with Crippen LogP contribution in [0.15, 0.2) is 0 Å². The van der Waals surface area contributed by atoms with E-state index in [4.69, 9.17) is 14.6 Å².